The van der Waals surface area contributed by atoms with Crippen molar-refractivity contribution in [3.8, 4) is 11.4 Å². The van der Waals surface area contributed by atoms with Gasteiger partial charge in [0.2, 0.25) is 5.95 Å². The standard InChI is InChI=1S/C16H19N5/c1-3-18-16-20-19-15(21(16)4-2)13-9-11-7-5-6-8-12(11)10-14(13)17/h5-10H,3-4,17H2,1-2H3,(H,18,20). The van der Waals surface area contributed by atoms with Gasteiger partial charge in [0, 0.05) is 24.3 Å². The Balaban J connectivity index is 2.18. The zero-order chi connectivity index (χ0) is 14.8. The molecule has 1 heterocycles. The summed E-state index contributed by atoms with van der Waals surface area (Å²) in [5, 5.41) is 14.0. The van der Waals surface area contributed by atoms with E-state index in [0.29, 0.717) is 0 Å². The highest BCUT2D eigenvalue weighted by Gasteiger charge is 2.15. The summed E-state index contributed by atoms with van der Waals surface area (Å²) in [4.78, 5) is 0. The Bertz CT molecular complexity index is 775. The van der Waals surface area contributed by atoms with Crippen LogP contribution < -0.4 is 11.1 Å². The molecule has 2 aromatic carbocycles. The van der Waals surface area contributed by atoms with Gasteiger partial charge in [-0.1, -0.05) is 24.3 Å². The van der Waals surface area contributed by atoms with Crippen molar-refractivity contribution in [2.45, 2.75) is 20.4 Å². The fraction of sp³-hybridized carbons (Fsp3) is 0.250. The first kappa shape index (κ1) is 13.4. The predicted octanol–water partition coefficient (Wildman–Crippen LogP) is 3.13. The molecular formula is C16H19N5. The van der Waals surface area contributed by atoms with E-state index in [1.807, 2.05) is 29.7 Å². The van der Waals surface area contributed by atoms with Crippen LogP contribution in [0.5, 0.6) is 0 Å². The number of hydrogen-bond donors (Lipinski definition) is 2. The zero-order valence-electron chi connectivity index (χ0n) is 12.3. The van der Waals surface area contributed by atoms with Gasteiger partial charge in [0.05, 0.1) is 0 Å². The summed E-state index contributed by atoms with van der Waals surface area (Å²) in [5.41, 5.74) is 7.87. The third-order valence-corrected chi connectivity index (χ3v) is 3.56. The number of nitrogens with two attached hydrogens (primary N) is 1. The first-order valence-corrected chi connectivity index (χ1v) is 7.20. The monoisotopic (exact) mass is 281 g/mol. The quantitative estimate of drug-likeness (QED) is 0.721. The van der Waals surface area contributed by atoms with E-state index in [0.717, 1.165) is 46.9 Å². The van der Waals surface area contributed by atoms with Gasteiger partial charge in [-0.05, 0) is 36.8 Å². The second-order valence-corrected chi connectivity index (χ2v) is 4.91. The van der Waals surface area contributed by atoms with E-state index in [1.165, 1.54) is 0 Å². The molecular weight excluding hydrogens is 262 g/mol. The van der Waals surface area contributed by atoms with Gasteiger partial charge in [-0.25, -0.2) is 0 Å². The average Bonchev–Trinajstić information content (AvgIpc) is 2.89. The minimum Gasteiger partial charge on any atom is -0.398 e. The van der Waals surface area contributed by atoms with Crippen molar-refractivity contribution < 1.29 is 0 Å². The van der Waals surface area contributed by atoms with Gasteiger partial charge in [0.15, 0.2) is 5.82 Å². The molecule has 0 amide bonds. The number of hydrogen-bond acceptors (Lipinski definition) is 4. The van der Waals surface area contributed by atoms with Gasteiger partial charge in [-0.15, -0.1) is 10.2 Å². The van der Waals surface area contributed by atoms with Gasteiger partial charge in [0.25, 0.3) is 0 Å². The molecule has 3 rings (SSSR count). The SMILES string of the molecule is CCNc1nnc(-c2cc3ccccc3cc2N)n1CC. The van der Waals surface area contributed by atoms with Crippen LogP contribution in [0.15, 0.2) is 36.4 Å². The molecule has 108 valence electrons. The number of nitrogens with one attached hydrogen (secondary N) is 1. The molecule has 0 saturated carbocycles. The topological polar surface area (TPSA) is 68.8 Å². The Morgan fingerprint density at radius 2 is 1.81 bits per heavy atom. The molecule has 0 bridgehead atoms. The van der Waals surface area contributed by atoms with E-state index in [4.69, 9.17) is 5.73 Å². The van der Waals surface area contributed by atoms with Gasteiger partial charge in [-0.3, -0.25) is 4.57 Å². The van der Waals surface area contributed by atoms with Crippen LogP contribution >= 0.6 is 0 Å². The van der Waals surface area contributed by atoms with E-state index < -0.39 is 0 Å². The van der Waals surface area contributed by atoms with Crippen LogP contribution in [0.4, 0.5) is 11.6 Å². The number of rotatable bonds is 4. The summed E-state index contributed by atoms with van der Waals surface area (Å²) in [6.07, 6.45) is 0. The van der Waals surface area contributed by atoms with Crippen LogP contribution in [0.1, 0.15) is 13.8 Å². The number of anilines is 2. The summed E-state index contributed by atoms with van der Waals surface area (Å²) >= 11 is 0. The highest BCUT2D eigenvalue weighted by atomic mass is 15.3. The van der Waals surface area contributed by atoms with E-state index in [9.17, 15) is 0 Å². The normalized spacial score (nSPS) is 11.0. The maximum absolute atomic E-state index is 6.22. The molecule has 0 spiro atoms. The molecule has 0 radical (unpaired) electrons. The molecule has 0 aliphatic heterocycles. The van der Waals surface area contributed by atoms with Crippen molar-refractivity contribution in [1.29, 1.82) is 0 Å². The Kier molecular flexibility index (Phi) is 3.48. The summed E-state index contributed by atoms with van der Waals surface area (Å²) in [5.74, 6) is 1.58. The van der Waals surface area contributed by atoms with Crippen molar-refractivity contribution in [2.24, 2.45) is 0 Å². The number of nitrogens with zero attached hydrogens (tertiary/aromatic N) is 3. The maximum atomic E-state index is 6.22. The van der Waals surface area contributed by atoms with Crippen LogP contribution in [0.2, 0.25) is 0 Å². The summed E-state index contributed by atoms with van der Waals surface area (Å²) in [6.45, 7) is 5.71. The number of aromatic nitrogens is 3. The third kappa shape index (κ3) is 2.31. The van der Waals surface area contributed by atoms with Crippen LogP contribution in [0.25, 0.3) is 22.2 Å². The van der Waals surface area contributed by atoms with Crippen LogP contribution in [0, 0.1) is 0 Å². The molecule has 0 saturated heterocycles. The minimum atomic E-state index is 0.721. The van der Waals surface area contributed by atoms with E-state index in [-0.39, 0.29) is 0 Å². The number of fused-ring (bicyclic) bond motifs is 1. The van der Waals surface area contributed by atoms with E-state index in [2.05, 4.69) is 40.6 Å². The van der Waals surface area contributed by atoms with E-state index in [1.54, 1.807) is 0 Å². The number of benzene rings is 2. The summed E-state index contributed by atoms with van der Waals surface area (Å²) in [7, 11) is 0. The molecule has 0 unspecified atom stereocenters. The summed E-state index contributed by atoms with van der Waals surface area (Å²) in [6, 6.07) is 12.2. The van der Waals surface area contributed by atoms with Gasteiger partial charge in [-0.2, -0.15) is 0 Å². The van der Waals surface area contributed by atoms with E-state index >= 15 is 0 Å². The summed E-state index contributed by atoms with van der Waals surface area (Å²) < 4.78 is 2.05. The first-order valence-electron chi connectivity index (χ1n) is 7.20. The highest BCUT2D eigenvalue weighted by molar-refractivity contribution is 5.92. The molecule has 0 atom stereocenters. The van der Waals surface area contributed by atoms with Crippen LogP contribution in [0.3, 0.4) is 0 Å². The fourth-order valence-electron chi connectivity index (χ4n) is 2.54. The zero-order valence-corrected chi connectivity index (χ0v) is 12.3. The molecule has 1 aromatic heterocycles. The lowest BCUT2D eigenvalue weighted by molar-refractivity contribution is 0.770. The minimum absolute atomic E-state index is 0.721. The van der Waals surface area contributed by atoms with Crippen molar-refractivity contribution in [3.63, 3.8) is 0 Å². The Labute approximate surface area is 123 Å². The molecule has 0 aliphatic carbocycles. The largest absolute Gasteiger partial charge is 0.398 e. The van der Waals surface area contributed by atoms with Crippen molar-refractivity contribution in [2.75, 3.05) is 17.6 Å². The molecule has 3 aromatic rings. The van der Waals surface area contributed by atoms with Gasteiger partial charge < -0.3 is 11.1 Å². The highest BCUT2D eigenvalue weighted by Crippen LogP contribution is 2.30. The third-order valence-electron chi connectivity index (χ3n) is 3.56. The van der Waals surface area contributed by atoms with Crippen LogP contribution in [-0.4, -0.2) is 21.3 Å². The molecule has 21 heavy (non-hydrogen) atoms. The lowest BCUT2D eigenvalue weighted by Crippen LogP contribution is -2.07. The number of nitrogen functional groups attached to an aromatic ring is 1. The first-order chi connectivity index (χ1) is 10.2. The molecule has 0 aliphatic rings. The molecule has 0 fully saturated rings. The van der Waals surface area contributed by atoms with Crippen molar-refractivity contribution in [1.82, 2.24) is 14.8 Å². The average molecular weight is 281 g/mol. The Morgan fingerprint density at radius 3 is 2.48 bits per heavy atom. The lowest BCUT2D eigenvalue weighted by atomic mass is 10.0. The predicted molar refractivity (Wildman–Crippen MR) is 87.2 cm³/mol. The van der Waals surface area contributed by atoms with Crippen molar-refractivity contribution in [3.05, 3.63) is 36.4 Å². The maximum Gasteiger partial charge on any atom is 0.224 e. The smallest absolute Gasteiger partial charge is 0.224 e. The second kappa shape index (κ2) is 5.44. The van der Waals surface area contributed by atoms with Gasteiger partial charge >= 0.3 is 0 Å². The van der Waals surface area contributed by atoms with Gasteiger partial charge in [0.1, 0.15) is 0 Å². The molecule has 5 heteroatoms. The lowest BCUT2D eigenvalue weighted by Gasteiger charge is -2.11. The Hall–Kier alpha value is -2.56. The second-order valence-electron chi connectivity index (χ2n) is 4.91. The fourth-order valence-corrected chi connectivity index (χ4v) is 2.54. The van der Waals surface area contributed by atoms with Crippen molar-refractivity contribution >= 4 is 22.4 Å². The molecule has 3 N–H and O–H groups in total. The Morgan fingerprint density at radius 1 is 1.10 bits per heavy atom. The van der Waals surface area contributed by atoms with Crippen LogP contribution in [-0.2, 0) is 6.54 Å². The molecule has 5 nitrogen and oxygen atoms in total.